The molecule has 0 saturated carbocycles. The quantitative estimate of drug-likeness (QED) is 0.148. The van der Waals surface area contributed by atoms with Gasteiger partial charge in [0, 0.05) is 37.9 Å². The van der Waals surface area contributed by atoms with Gasteiger partial charge in [0.25, 0.3) is 0 Å². The van der Waals surface area contributed by atoms with Crippen molar-refractivity contribution in [1.29, 1.82) is 0 Å². The number of para-hydroxylation sites is 6. The molecule has 2 heterocycles. The van der Waals surface area contributed by atoms with Crippen LogP contribution in [0.5, 0.6) is 11.5 Å². The summed E-state index contributed by atoms with van der Waals surface area (Å²) in [4.78, 5) is 9.61. The van der Waals surface area contributed by atoms with E-state index in [-0.39, 0.29) is 0 Å². The fourth-order valence-corrected chi connectivity index (χ4v) is 10.9. The predicted molar refractivity (Wildman–Crippen MR) is 281 cm³/mol. The van der Waals surface area contributed by atoms with Gasteiger partial charge < -0.3 is 19.4 Å². The number of anilines is 9. The molecule has 11 aromatic rings. The molecular formula is C62H41N3OS. The molecule has 316 valence electrons. The first-order valence-corrected chi connectivity index (χ1v) is 23.5. The van der Waals surface area contributed by atoms with Crippen LogP contribution in [0.15, 0.2) is 259 Å². The molecule has 0 N–H and O–H groups in total. The molecule has 0 saturated heterocycles. The van der Waals surface area contributed by atoms with Crippen molar-refractivity contribution in [3.63, 3.8) is 0 Å². The van der Waals surface area contributed by atoms with Crippen molar-refractivity contribution in [3.8, 4) is 33.8 Å². The van der Waals surface area contributed by atoms with Gasteiger partial charge in [-0.15, -0.1) is 0 Å². The van der Waals surface area contributed by atoms with Crippen LogP contribution in [0.1, 0.15) is 0 Å². The monoisotopic (exact) mass is 875 g/mol. The van der Waals surface area contributed by atoms with Gasteiger partial charge >= 0.3 is 0 Å². The third-order valence-corrected chi connectivity index (χ3v) is 14.1. The summed E-state index contributed by atoms with van der Waals surface area (Å²) in [7, 11) is 0. The third kappa shape index (κ3) is 6.79. The van der Waals surface area contributed by atoms with E-state index >= 15 is 0 Å². The molecule has 0 spiro atoms. The van der Waals surface area contributed by atoms with Crippen LogP contribution in [0.3, 0.4) is 0 Å². The number of hydrogen-bond acceptors (Lipinski definition) is 5. The first kappa shape index (κ1) is 38.9. The van der Waals surface area contributed by atoms with Gasteiger partial charge in [-0.05, 0) is 142 Å². The maximum atomic E-state index is 6.33. The van der Waals surface area contributed by atoms with Crippen LogP contribution in [-0.2, 0) is 0 Å². The standard InChI is InChI=1S/C62H41N3OS/c1-2-20-51-46(15-1)41-58(53-22-4-3-21-52(51)53)63(47-35-31-42(32-36-47)44-16-13-18-49(39-44)64-54-23-5-9-27-59(54)66-60-28-10-6-24-55(60)64)48-37-33-43(34-38-48)45-17-14-19-50(40-45)65-56-25-7-11-29-61(56)67-62-30-12-8-26-57(62)65/h1-41H. The highest BCUT2D eigenvalue weighted by molar-refractivity contribution is 7.99. The van der Waals surface area contributed by atoms with Gasteiger partial charge in [-0.1, -0.05) is 157 Å². The summed E-state index contributed by atoms with van der Waals surface area (Å²) in [6.07, 6.45) is 0. The van der Waals surface area contributed by atoms with E-state index in [2.05, 4.69) is 239 Å². The van der Waals surface area contributed by atoms with Crippen LogP contribution >= 0.6 is 11.8 Å². The molecule has 2 aliphatic heterocycles. The fraction of sp³-hybridized carbons (Fsp3) is 0. The first-order chi connectivity index (χ1) is 33.2. The van der Waals surface area contributed by atoms with Gasteiger partial charge in [0.05, 0.1) is 28.4 Å². The van der Waals surface area contributed by atoms with E-state index in [1.54, 1.807) is 0 Å². The second-order valence-corrected chi connectivity index (χ2v) is 18.0. The van der Waals surface area contributed by atoms with Gasteiger partial charge in [-0.2, -0.15) is 0 Å². The van der Waals surface area contributed by atoms with Crippen molar-refractivity contribution in [2.24, 2.45) is 0 Å². The second-order valence-electron chi connectivity index (χ2n) is 16.9. The minimum Gasteiger partial charge on any atom is -0.453 e. The lowest BCUT2D eigenvalue weighted by molar-refractivity contribution is 0.477. The van der Waals surface area contributed by atoms with Crippen LogP contribution in [0.25, 0.3) is 43.8 Å². The lowest BCUT2D eigenvalue weighted by Gasteiger charge is -2.33. The third-order valence-electron chi connectivity index (χ3n) is 13.0. The molecule has 0 aromatic heterocycles. The Labute approximate surface area is 394 Å². The zero-order valence-electron chi connectivity index (χ0n) is 36.3. The van der Waals surface area contributed by atoms with Crippen molar-refractivity contribution >= 4 is 84.5 Å². The van der Waals surface area contributed by atoms with Crippen LogP contribution in [0.2, 0.25) is 0 Å². The minimum atomic E-state index is 0.841. The van der Waals surface area contributed by atoms with Crippen LogP contribution in [0, 0.1) is 0 Å². The van der Waals surface area contributed by atoms with E-state index in [0.29, 0.717) is 0 Å². The highest BCUT2D eigenvalue weighted by Crippen LogP contribution is 2.53. The van der Waals surface area contributed by atoms with Gasteiger partial charge in [0.15, 0.2) is 11.5 Å². The number of ether oxygens (including phenoxy) is 1. The molecule has 2 aliphatic rings. The van der Waals surface area contributed by atoms with Crippen LogP contribution < -0.4 is 19.4 Å². The highest BCUT2D eigenvalue weighted by atomic mass is 32.2. The molecule has 11 aromatic carbocycles. The van der Waals surface area contributed by atoms with E-state index in [1.807, 2.05) is 36.0 Å². The first-order valence-electron chi connectivity index (χ1n) is 22.7. The number of nitrogens with zero attached hydrogens (tertiary/aromatic N) is 3. The summed E-state index contributed by atoms with van der Waals surface area (Å²) in [5, 5.41) is 4.87. The molecule has 5 heteroatoms. The summed E-state index contributed by atoms with van der Waals surface area (Å²) in [5.74, 6) is 1.68. The Morgan fingerprint density at radius 2 is 0.776 bits per heavy atom. The number of fused-ring (bicyclic) bond motifs is 7. The lowest BCUT2D eigenvalue weighted by atomic mass is 9.98. The summed E-state index contributed by atoms with van der Waals surface area (Å²) in [6.45, 7) is 0. The number of benzene rings is 11. The van der Waals surface area contributed by atoms with Crippen molar-refractivity contribution < 1.29 is 4.74 Å². The molecule has 0 amide bonds. The Bertz CT molecular complexity index is 3400. The van der Waals surface area contributed by atoms with Gasteiger partial charge in [0.1, 0.15) is 0 Å². The Hall–Kier alpha value is -8.51. The molecule has 4 nitrogen and oxygen atoms in total. The largest absolute Gasteiger partial charge is 0.453 e. The smallest absolute Gasteiger partial charge is 0.151 e. The SMILES string of the molecule is c1cc(-c2ccc(N(c3ccc(-c4cccc(N5c6ccccc6Sc6ccccc65)c4)cc3)c3cc4ccccc4c4ccccc34)cc2)cc(N2c3ccccc3Oc3ccccc32)c1. The Kier molecular flexibility index (Phi) is 9.39. The normalized spacial score (nSPS) is 12.5. The van der Waals surface area contributed by atoms with Gasteiger partial charge in [-0.3, -0.25) is 0 Å². The molecule has 0 radical (unpaired) electrons. The molecule has 0 fully saturated rings. The number of rotatable bonds is 7. The molecule has 0 aliphatic carbocycles. The highest BCUT2D eigenvalue weighted by Gasteiger charge is 2.27. The van der Waals surface area contributed by atoms with E-state index in [1.165, 1.54) is 42.7 Å². The molecule has 13 rings (SSSR count). The summed E-state index contributed by atoms with van der Waals surface area (Å²) in [6, 6.07) is 89.5. The van der Waals surface area contributed by atoms with Crippen molar-refractivity contribution in [3.05, 3.63) is 249 Å². The van der Waals surface area contributed by atoms with E-state index in [9.17, 15) is 0 Å². The molecule has 0 bridgehead atoms. The minimum absolute atomic E-state index is 0.841. The summed E-state index contributed by atoms with van der Waals surface area (Å²) < 4.78 is 6.33. The number of hydrogen-bond donors (Lipinski definition) is 0. The van der Waals surface area contributed by atoms with E-state index in [4.69, 9.17) is 4.74 Å². The topological polar surface area (TPSA) is 19.0 Å². The second kappa shape index (κ2) is 16.2. The Morgan fingerprint density at radius 1 is 0.328 bits per heavy atom. The van der Waals surface area contributed by atoms with E-state index < -0.39 is 0 Å². The van der Waals surface area contributed by atoms with Crippen LogP contribution in [0.4, 0.5) is 51.2 Å². The zero-order chi connectivity index (χ0) is 44.3. The summed E-state index contributed by atoms with van der Waals surface area (Å²) >= 11 is 1.83. The van der Waals surface area contributed by atoms with Crippen molar-refractivity contribution in [2.75, 3.05) is 14.7 Å². The Balaban J connectivity index is 0.892. The maximum absolute atomic E-state index is 6.33. The van der Waals surface area contributed by atoms with Crippen molar-refractivity contribution in [1.82, 2.24) is 0 Å². The van der Waals surface area contributed by atoms with Gasteiger partial charge in [-0.25, -0.2) is 0 Å². The van der Waals surface area contributed by atoms with Crippen molar-refractivity contribution in [2.45, 2.75) is 9.79 Å². The Morgan fingerprint density at radius 3 is 1.34 bits per heavy atom. The molecule has 0 atom stereocenters. The van der Waals surface area contributed by atoms with E-state index in [0.717, 1.165) is 73.6 Å². The lowest BCUT2D eigenvalue weighted by Crippen LogP contribution is -2.15. The predicted octanol–water partition coefficient (Wildman–Crippen LogP) is 18.3. The fourth-order valence-electron chi connectivity index (χ4n) is 9.87. The van der Waals surface area contributed by atoms with Crippen LogP contribution in [-0.4, -0.2) is 0 Å². The zero-order valence-corrected chi connectivity index (χ0v) is 37.1. The molecule has 67 heavy (non-hydrogen) atoms. The average molecular weight is 876 g/mol. The average Bonchev–Trinajstić information content (AvgIpc) is 3.40. The maximum Gasteiger partial charge on any atom is 0.151 e. The molecular weight excluding hydrogens is 835 g/mol. The summed E-state index contributed by atoms with van der Waals surface area (Å²) in [5.41, 5.74) is 14.5. The van der Waals surface area contributed by atoms with Gasteiger partial charge in [0.2, 0.25) is 0 Å². The molecule has 0 unspecified atom stereocenters.